The van der Waals surface area contributed by atoms with Gasteiger partial charge in [0.15, 0.2) is 5.96 Å². The topological polar surface area (TPSA) is 48.9 Å². The van der Waals surface area contributed by atoms with Crippen LogP contribution in [0.5, 0.6) is 0 Å². The van der Waals surface area contributed by atoms with E-state index >= 15 is 0 Å². The Kier molecular flexibility index (Phi) is 9.15. The minimum atomic E-state index is 0. The van der Waals surface area contributed by atoms with Gasteiger partial charge in [0.25, 0.3) is 0 Å². The maximum atomic E-state index is 5.63. The molecule has 1 aromatic rings. The molecule has 1 saturated heterocycles. The summed E-state index contributed by atoms with van der Waals surface area (Å²) in [7, 11) is 1.85. The molecule has 2 N–H and O–H groups in total. The molecule has 1 saturated carbocycles. The summed E-state index contributed by atoms with van der Waals surface area (Å²) < 4.78 is 5.63. The van der Waals surface area contributed by atoms with Crippen molar-refractivity contribution in [3.8, 4) is 0 Å². The quantitative estimate of drug-likeness (QED) is 0.393. The Morgan fingerprint density at radius 3 is 2.77 bits per heavy atom. The van der Waals surface area contributed by atoms with E-state index < -0.39 is 0 Å². The van der Waals surface area contributed by atoms with Crippen molar-refractivity contribution >= 4 is 29.9 Å². The number of rotatable bonds is 5. The third-order valence-electron chi connectivity index (χ3n) is 5.10. The molecule has 1 aliphatic carbocycles. The van der Waals surface area contributed by atoms with E-state index in [0.29, 0.717) is 12.1 Å². The second kappa shape index (κ2) is 11.1. The predicted molar refractivity (Wildman–Crippen MR) is 118 cm³/mol. The number of hydrogen-bond donors (Lipinski definition) is 2. The maximum absolute atomic E-state index is 5.63. The van der Waals surface area contributed by atoms with E-state index in [0.717, 1.165) is 38.7 Å². The first-order chi connectivity index (χ1) is 12.2. The van der Waals surface area contributed by atoms with Gasteiger partial charge in [0.1, 0.15) is 0 Å². The van der Waals surface area contributed by atoms with Crippen LogP contribution in [0, 0.1) is 0 Å². The highest BCUT2D eigenvalue weighted by molar-refractivity contribution is 14.0. The highest BCUT2D eigenvalue weighted by Crippen LogP contribution is 2.17. The van der Waals surface area contributed by atoms with E-state index in [2.05, 4.69) is 51.7 Å². The van der Waals surface area contributed by atoms with Crippen molar-refractivity contribution < 1.29 is 4.74 Å². The van der Waals surface area contributed by atoms with Crippen LogP contribution in [0.15, 0.2) is 29.3 Å². The van der Waals surface area contributed by atoms with Gasteiger partial charge in [-0.1, -0.05) is 37.1 Å². The van der Waals surface area contributed by atoms with Gasteiger partial charge in [-0.15, -0.1) is 24.0 Å². The van der Waals surface area contributed by atoms with Gasteiger partial charge in [0, 0.05) is 39.3 Å². The molecule has 0 aromatic heterocycles. The number of guanidine groups is 1. The van der Waals surface area contributed by atoms with Gasteiger partial charge in [-0.25, -0.2) is 0 Å². The average molecular weight is 472 g/mol. The molecule has 1 aliphatic heterocycles. The molecule has 0 amide bonds. The molecule has 2 fully saturated rings. The third kappa shape index (κ3) is 6.70. The zero-order valence-electron chi connectivity index (χ0n) is 16.0. The fourth-order valence-electron chi connectivity index (χ4n) is 3.77. The molecule has 1 unspecified atom stereocenters. The summed E-state index contributed by atoms with van der Waals surface area (Å²) in [5, 5.41) is 6.99. The molecule has 6 heteroatoms. The molecule has 0 spiro atoms. The molecule has 2 aliphatic rings. The van der Waals surface area contributed by atoms with E-state index in [4.69, 9.17) is 4.74 Å². The summed E-state index contributed by atoms with van der Waals surface area (Å²) in [5.74, 6) is 0.916. The van der Waals surface area contributed by atoms with Gasteiger partial charge in [-0.3, -0.25) is 9.89 Å². The first-order valence-electron chi connectivity index (χ1n) is 9.62. The van der Waals surface area contributed by atoms with Crippen molar-refractivity contribution in [2.75, 3.05) is 26.7 Å². The van der Waals surface area contributed by atoms with Gasteiger partial charge in [0.05, 0.1) is 12.7 Å². The molecule has 0 radical (unpaired) electrons. The molecule has 5 nitrogen and oxygen atoms in total. The fraction of sp³-hybridized carbons (Fsp3) is 0.650. The molecule has 1 heterocycles. The lowest BCUT2D eigenvalue weighted by molar-refractivity contribution is -0.0212. The van der Waals surface area contributed by atoms with E-state index in [9.17, 15) is 0 Å². The number of benzene rings is 1. The Labute approximate surface area is 175 Å². The first kappa shape index (κ1) is 21.4. The van der Waals surface area contributed by atoms with Crippen LogP contribution in [-0.4, -0.2) is 49.7 Å². The Morgan fingerprint density at radius 1 is 1.27 bits per heavy atom. The Balaban J connectivity index is 0.00000243. The van der Waals surface area contributed by atoms with Crippen molar-refractivity contribution in [2.24, 2.45) is 4.99 Å². The van der Waals surface area contributed by atoms with Crippen LogP contribution in [0.4, 0.5) is 0 Å². The summed E-state index contributed by atoms with van der Waals surface area (Å²) in [6.45, 7) is 6.82. The van der Waals surface area contributed by atoms with Crippen LogP contribution in [0.3, 0.4) is 0 Å². The molecule has 3 rings (SSSR count). The fourth-order valence-corrected chi connectivity index (χ4v) is 3.77. The van der Waals surface area contributed by atoms with E-state index in [1.807, 2.05) is 7.05 Å². The maximum Gasteiger partial charge on any atom is 0.191 e. The van der Waals surface area contributed by atoms with Crippen LogP contribution < -0.4 is 10.6 Å². The van der Waals surface area contributed by atoms with Gasteiger partial charge in [-0.2, -0.15) is 0 Å². The second-order valence-corrected chi connectivity index (χ2v) is 7.29. The zero-order valence-corrected chi connectivity index (χ0v) is 18.4. The normalized spacial score (nSPS) is 22.1. The van der Waals surface area contributed by atoms with Gasteiger partial charge in [0.2, 0.25) is 0 Å². The lowest BCUT2D eigenvalue weighted by Gasteiger charge is -2.31. The molecule has 146 valence electrons. The number of morpholine rings is 1. The standard InChI is InChI=1S/C20H32N4O.HI/c1-16-14-24(10-11-25-16)15-18-7-5-6-17(12-18)13-22-20(21-2)23-19-8-3-4-9-19;/h5-7,12,16,19H,3-4,8-11,13-15H2,1-2H3,(H2,21,22,23);1H. The van der Waals surface area contributed by atoms with Gasteiger partial charge in [-0.05, 0) is 30.9 Å². The summed E-state index contributed by atoms with van der Waals surface area (Å²) in [6.07, 6.45) is 5.51. The largest absolute Gasteiger partial charge is 0.376 e. The average Bonchev–Trinajstić information content (AvgIpc) is 3.12. The molecule has 1 aromatic carbocycles. The summed E-state index contributed by atoms with van der Waals surface area (Å²) in [6, 6.07) is 9.44. The number of nitrogens with one attached hydrogen (secondary N) is 2. The zero-order chi connectivity index (χ0) is 17.5. The second-order valence-electron chi connectivity index (χ2n) is 7.29. The van der Waals surface area contributed by atoms with Crippen LogP contribution in [0.25, 0.3) is 0 Å². The highest BCUT2D eigenvalue weighted by Gasteiger charge is 2.17. The van der Waals surface area contributed by atoms with Crippen molar-refractivity contribution in [3.63, 3.8) is 0 Å². The molecular formula is C20H33IN4O. The Hall–Kier alpha value is -0.860. The van der Waals surface area contributed by atoms with Crippen molar-refractivity contribution in [1.82, 2.24) is 15.5 Å². The van der Waals surface area contributed by atoms with Crippen molar-refractivity contribution in [3.05, 3.63) is 35.4 Å². The molecular weight excluding hydrogens is 439 g/mol. The number of ether oxygens (including phenoxy) is 1. The van der Waals surface area contributed by atoms with E-state index in [-0.39, 0.29) is 24.0 Å². The first-order valence-corrected chi connectivity index (χ1v) is 9.62. The number of hydrogen-bond acceptors (Lipinski definition) is 3. The molecule has 26 heavy (non-hydrogen) atoms. The SMILES string of the molecule is CN=C(NCc1cccc(CN2CCOC(C)C2)c1)NC1CCCC1.I. The number of aliphatic imine (C=N–C) groups is 1. The molecule has 1 atom stereocenters. The highest BCUT2D eigenvalue weighted by atomic mass is 127. The van der Waals surface area contributed by atoms with E-state index in [1.54, 1.807) is 0 Å². The van der Waals surface area contributed by atoms with Crippen LogP contribution in [0.1, 0.15) is 43.7 Å². The monoisotopic (exact) mass is 472 g/mol. The minimum absolute atomic E-state index is 0. The van der Waals surface area contributed by atoms with Crippen LogP contribution in [-0.2, 0) is 17.8 Å². The Morgan fingerprint density at radius 2 is 2.04 bits per heavy atom. The third-order valence-corrected chi connectivity index (χ3v) is 5.10. The van der Waals surface area contributed by atoms with Gasteiger partial charge >= 0.3 is 0 Å². The Bertz CT molecular complexity index is 575. The van der Waals surface area contributed by atoms with Crippen molar-refractivity contribution in [2.45, 2.75) is 57.8 Å². The predicted octanol–water partition coefficient (Wildman–Crippen LogP) is 3.13. The smallest absolute Gasteiger partial charge is 0.191 e. The van der Waals surface area contributed by atoms with Crippen LogP contribution >= 0.6 is 24.0 Å². The number of halogens is 1. The lowest BCUT2D eigenvalue weighted by atomic mass is 10.1. The summed E-state index contributed by atoms with van der Waals surface area (Å²) in [4.78, 5) is 6.84. The van der Waals surface area contributed by atoms with Gasteiger partial charge < -0.3 is 15.4 Å². The van der Waals surface area contributed by atoms with E-state index in [1.165, 1.54) is 36.8 Å². The van der Waals surface area contributed by atoms with Crippen molar-refractivity contribution in [1.29, 1.82) is 0 Å². The molecule has 0 bridgehead atoms. The minimum Gasteiger partial charge on any atom is -0.376 e. The number of nitrogens with zero attached hydrogens (tertiary/aromatic N) is 2. The summed E-state index contributed by atoms with van der Waals surface area (Å²) >= 11 is 0. The lowest BCUT2D eigenvalue weighted by Crippen LogP contribution is -2.42. The summed E-state index contributed by atoms with van der Waals surface area (Å²) in [5.41, 5.74) is 2.67. The van der Waals surface area contributed by atoms with Crippen LogP contribution in [0.2, 0.25) is 0 Å².